The lowest BCUT2D eigenvalue weighted by atomic mass is 10.1. The molecule has 0 saturated heterocycles. The van der Waals surface area contributed by atoms with E-state index in [1.54, 1.807) is 6.20 Å². The number of hydrogen-bond acceptors (Lipinski definition) is 4. The number of nitrogens with two attached hydrogens (primary N) is 1. The minimum absolute atomic E-state index is 0.142. The fourth-order valence-electron chi connectivity index (χ4n) is 1.68. The maximum Gasteiger partial charge on any atom is 0.407 e. The third-order valence-corrected chi connectivity index (χ3v) is 2.45. The summed E-state index contributed by atoms with van der Waals surface area (Å²) in [7, 11) is 0. The number of carbonyl (C=O) groups excluding carboxylic acids is 1. The van der Waals surface area contributed by atoms with Crippen LogP contribution in [0.5, 0.6) is 0 Å². The maximum absolute atomic E-state index is 11.7. The number of aryl methyl sites for hydroxylation is 1. The summed E-state index contributed by atoms with van der Waals surface area (Å²) in [5.74, 6) is 0. The first-order valence-corrected chi connectivity index (χ1v) is 6.41. The van der Waals surface area contributed by atoms with Crippen LogP contribution in [0.3, 0.4) is 0 Å². The predicted molar refractivity (Wildman–Crippen MR) is 74.9 cm³/mol. The predicted octanol–water partition coefficient (Wildman–Crippen LogP) is 1.78. The number of aromatic nitrogens is 1. The molecule has 19 heavy (non-hydrogen) atoms. The van der Waals surface area contributed by atoms with E-state index in [0.29, 0.717) is 13.0 Å². The van der Waals surface area contributed by atoms with Gasteiger partial charge in [-0.2, -0.15) is 0 Å². The van der Waals surface area contributed by atoms with Gasteiger partial charge in [-0.25, -0.2) is 4.79 Å². The van der Waals surface area contributed by atoms with Crippen LogP contribution in [0.1, 0.15) is 32.0 Å². The maximum atomic E-state index is 11.7. The van der Waals surface area contributed by atoms with E-state index >= 15 is 0 Å². The van der Waals surface area contributed by atoms with E-state index in [1.165, 1.54) is 0 Å². The Kier molecular flexibility index (Phi) is 5.30. The lowest BCUT2D eigenvalue weighted by molar-refractivity contribution is 0.0506. The van der Waals surface area contributed by atoms with Gasteiger partial charge < -0.3 is 15.8 Å². The third kappa shape index (κ3) is 6.20. The van der Waals surface area contributed by atoms with Crippen LogP contribution >= 0.6 is 0 Å². The Balaban J connectivity index is 2.57. The number of hydrogen-bond donors (Lipinski definition) is 2. The highest BCUT2D eigenvalue weighted by Crippen LogP contribution is 2.08. The van der Waals surface area contributed by atoms with E-state index < -0.39 is 11.7 Å². The van der Waals surface area contributed by atoms with Crippen LogP contribution in [-0.4, -0.2) is 29.3 Å². The van der Waals surface area contributed by atoms with E-state index in [0.717, 1.165) is 11.3 Å². The van der Waals surface area contributed by atoms with Gasteiger partial charge in [-0.15, -0.1) is 0 Å². The minimum Gasteiger partial charge on any atom is -0.444 e. The number of alkyl carbamates (subject to hydrolysis) is 1. The summed E-state index contributed by atoms with van der Waals surface area (Å²) in [5, 5.41) is 2.78. The SMILES string of the molecule is Cc1cc(CC(CN)NC(=O)OC(C)(C)C)ccn1. The van der Waals surface area contributed by atoms with Gasteiger partial charge in [-0.3, -0.25) is 4.98 Å². The molecule has 5 nitrogen and oxygen atoms in total. The first kappa shape index (κ1) is 15.4. The number of ether oxygens (including phenoxy) is 1. The highest BCUT2D eigenvalue weighted by Gasteiger charge is 2.19. The number of rotatable bonds is 4. The number of nitrogens with one attached hydrogen (secondary N) is 1. The number of amides is 1. The zero-order chi connectivity index (χ0) is 14.5. The number of pyridine rings is 1. The third-order valence-electron chi connectivity index (χ3n) is 2.45. The van der Waals surface area contributed by atoms with Crippen molar-refractivity contribution in [3.05, 3.63) is 29.6 Å². The monoisotopic (exact) mass is 265 g/mol. The van der Waals surface area contributed by atoms with Crippen molar-refractivity contribution in [1.82, 2.24) is 10.3 Å². The fraction of sp³-hybridized carbons (Fsp3) is 0.571. The molecule has 0 aliphatic heterocycles. The molecule has 1 amide bonds. The van der Waals surface area contributed by atoms with Crippen LogP contribution in [0.15, 0.2) is 18.3 Å². The average Bonchev–Trinajstić information content (AvgIpc) is 2.25. The van der Waals surface area contributed by atoms with E-state index in [-0.39, 0.29) is 6.04 Å². The van der Waals surface area contributed by atoms with Crippen molar-refractivity contribution in [2.24, 2.45) is 5.73 Å². The van der Waals surface area contributed by atoms with Gasteiger partial charge in [0, 0.05) is 24.5 Å². The van der Waals surface area contributed by atoms with Crippen molar-refractivity contribution in [2.45, 2.75) is 45.8 Å². The summed E-state index contributed by atoms with van der Waals surface area (Å²) in [6.45, 7) is 7.78. The quantitative estimate of drug-likeness (QED) is 0.870. The molecule has 1 aromatic heterocycles. The zero-order valence-corrected chi connectivity index (χ0v) is 12.1. The highest BCUT2D eigenvalue weighted by molar-refractivity contribution is 5.68. The standard InChI is InChI=1S/C14H23N3O2/c1-10-7-11(5-6-16-10)8-12(9-15)17-13(18)19-14(2,3)4/h5-7,12H,8-9,15H2,1-4H3,(H,17,18). The molecular formula is C14H23N3O2. The molecule has 1 aromatic rings. The van der Waals surface area contributed by atoms with E-state index in [4.69, 9.17) is 10.5 Å². The van der Waals surface area contributed by atoms with Gasteiger partial charge >= 0.3 is 6.09 Å². The molecule has 1 atom stereocenters. The summed E-state index contributed by atoms with van der Waals surface area (Å²) < 4.78 is 5.21. The van der Waals surface area contributed by atoms with Crippen molar-refractivity contribution in [1.29, 1.82) is 0 Å². The molecule has 0 spiro atoms. The highest BCUT2D eigenvalue weighted by atomic mass is 16.6. The second kappa shape index (κ2) is 6.52. The molecule has 1 heterocycles. The smallest absolute Gasteiger partial charge is 0.407 e. The van der Waals surface area contributed by atoms with Gasteiger partial charge in [0.15, 0.2) is 0 Å². The summed E-state index contributed by atoms with van der Waals surface area (Å²) in [6.07, 6.45) is 1.99. The Bertz CT molecular complexity index is 427. The molecular weight excluding hydrogens is 242 g/mol. The van der Waals surface area contributed by atoms with Gasteiger partial charge in [0.05, 0.1) is 0 Å². The molecule has 0 aliphatic carbocycles. The van der Waals surface area contributed by atoms with Crippen molar-refractivity contribution < 1.29 is 9.53 Å². The molecule has 0 bridgehead atoms. The molecule has 0 fully saturated rings. The molecule has 0 aliphatic rings. The second-order valence-electron chi connectivity index (χ2n) is 5.59. The first-order chi connectivity index (χ1) is 8.80. The van der Waals surface area contributed by atoms with Crippen LogP contribution in [0, 0.1) is 6.92 Å². The molecule has 106 valence electrons. The van der Waals surface area contributed by atoms with E-state index in [9.17, 15) is 4.79 Å². The molecule has 1 rings (SSSR count). The number of nitrogens with zero attached hydrogens (tertiary/aromatic N) is 1. The normalized spacial score (nSPS) is 12.9. The molecule has 0 aromatic carbocycles. The van der Waals surface area contributed by atoms with Gasteiger partial charge in [0.2, 0.25) is 0 Å². The Morgan fingerprint density at radius 1 is 1.53 bits per heavy atom. The Morgan fingerprint density at radius 2 is 2.21 bits per heavy atom. The Hall–Kier alpha value is -1.62. The van der Waals surface area contributed by atoms with Gasteiger partial charge in [-0.1, -0.05) is 0 Å². The second-order valence-corrected chi connectivity index (χ2v) is 5.59. The van der Waals surface area contributed by atoms with Crippen molar-refractivity contribution >= 4 is 6.09 Å². The van der Waals surface area contributed by atoms with Crippen LogP contribution < -0.4 is 11.1 Å². The first-order valence-electron chi connectivity index (χ1n) is 6.41. The largest absolute Gasteiger partial charge is 0.444 e. The molecule has 1 unspecified atom stereocenters. The van der Waals surface area contributed by atoms with Gasteiger partial charge in [0.25, 0.3) is 0 Å². The van der Waals surface area contributed by atoms with Crippen LogP contribution in [0.4, 0.5) is 4.79 Å². The van der Waals surface area contributed by atoms with Gasteiger partial charge in [-0.05, 0) is 51.8 Å². The van der Waals surface area contributed by atoms with Gasteiger partial charge in [0.1, 0.15) is 5.60 Å². The van der Waals surface area contributed by atoms with E-state index in [2.05, 4.69) is 10.3 Å². The van der Waals surface area contributed by atoms with Crippen molar-refractivity contribution in [3.8, 4) is 0 Å². The molecule has 0 saturated carbocycles. The Morgan fingerprint density at radius 3 is 2.74 bits per heavy atom. The van der Waals surface area contributed by atoms with Crippen LogP contribution in [0.25, 0.3) is 0 Å². The topological polar surface area (TPSA) is 77.2 Å². The minimum atomic E-state index is -0.503. The lowest BCUT2D eigenvalue weighted by Crippen LogP contribution is -2.44. The fourth-order valence-corrected chi connectivity index (χ4v) is 1.68. The van der Waals surface area contributed by atoms with Crippen LogP contribution in [0.2, 0.25) is 0 Å². The zero-order valence-electron chi connectivity index (χ0n) is 12.1. The summed E-state index contributed by atoms with van der Waals surface area (Å²) >= 11 is 0. The molecule has 0 radical (unpaired) electrons. The summed E-state index contributed by atoms with van der Waals surface area (Å²) in [5.41, 5.74) is 7.23. The molecule has 3 N–H and O–H groups in total. The average molecular weight is 265 g/mol. The summed E-state index contributed by atoms with van der Waals surface area (Å²) in [4.78, 5) is 15.8. The van der Waals surface area contributed by atoms with Crippen molar-refractivity contribution in [2.75, 3.05) is 6.54 Å². The lowest BCUT2D eigenvalue weighted by Gasteiger charge is -2.23. The molecule has 5 heteroatoms. The van der Waals surface area contributed by atoms with Crippen LogP contribution in [-0.2, 0) is 11.2 Å². The number of carbonyl (C=O) groups is 1. The summed E-state index contributed by atoms with van der Waals surface area (Å²) in [6, 6.07) is 3.77. The van der Waals surface area contributed by atoms with Crippen molar-refractivity contribution in [3.63, 3.8) is 0 Å². The van der Waals surface area contributed by atoms with E-state index in [1.807, 2.05) is 39.8 Å². The Labute approximate surface area is 114 Å².